The van der Waals surface area contributed by atoms with Crippen molar-refractivity contribution in [2.75, 3.05) is 0 Å². The van der Waals surface area contributed by atoms with Gasteiger partial charge in [0.05, 0.1) is 17.5 Å². The lowest BCUT2D eigenvalue weighted by molar-refractivity contribution is 0.281. The molecule has 0 aliphatic carbocycles. The second-order valence-corrected chi connectivity index (χ2v) is 7.28. The van der Waals surface area contributed by atoms with Crippen molar-refractivity contribution < 1.29 is 13.5 Å². The van der Waals surface area contributed by atoms with E-state index in [0.29, 0.717) is 12.0 Å². The highest BCUT2D eigenvalue weighted by Crippen LogP contribution is 2.22. The van der Waals surface area contributed by atoms with Gasteiger partial charge in [-0.05, 0) is 30.5 Å². The largest absolute Gasteiger partial charge is 0.392 e. The Morgan fingerprint density at radius 2 is 2.19 bits per heavy atom. The number of thiazole rings is 1. The zero-order valence-electron chi connectivity index (χ0n) is 11.9. The summed E-state index contributed by atoms with van der Waals surface area (Å²) in [5.41, 5.74) is 1.31. The van der Waals surface area contributed by atoms with E-state index in [1.54, 1.807) is 25.3 Å². The molecule has 1 unspecified atom stereocenters. The second kappa shape index (κ2) is 6.65. The minimum atomic E-state index is -3.66. The highest BCUT2D eigenvalue weighted by molar-refractivity contribution is 7.89. The van der Waals surface area contributed by atoms with Crippen molar-refractivity contribution in [2.24, 2.45) is 0 Å². The van der Waals surface area contributed by atoms with Crippen molar-refractivity contribution in [3.8, 4) is 0 Å². The van der Waals surface area contributed by atoms with Crippen LogP contribution in [-0.2, 0) is 23.1 Å². The van der Waals surface area contributed by atoms with E-state index in [0.717, 1.165) is 10.6 Å². The number of aromatic nitrogens is 1. The molecule has 0 radical (unpaired) electrons. The van der Waals surface area contributed by atoms with Crippen LogP contribution in [0.1, 0.15) is 36.0 Å². The fourth-order valence-electron chi connectivity index (χ4n) is 2.03. The van der Waals surface area contributed by atoms with Gasteiger partial charge < -0.3 is 5.11 Å². The fraction of sp³-hybridized carbons (Fsp3) is 0.357. The van der Waals surface area contributed by atoms with Crippen LogP contribution in [0, 0.1) is 0 Å². The number of hydrogen-bond acceptors (Lipinski definition) is 5. The van der Waals surface area contributed by atoms with E-state index in [4.69, 9.17) is 0 Å². The molecule has 2 N–H and O–H groups in total. The molecule has 2 rings (SSSR count). The molecule has 1 aromatic heterocycles. The summed E-state index contributed by atoms with van der Waals surface area (Å²) in [7, 11) is -3.66. The first-order valence-electron chi connectivity index (χ1n) is 6.62. The van der Waals surface area contributed by atoms with Crippen LogP contribution < -0.4 is 4.72 Å². The molecular formula is C14H18N2O3S2. The van der Waals surface area contributed by atoms with Crippen molar-refractivity contribution in [1.82, 2.24) is 9.71 Å². The first-order valence-corrected chi connectivity index (χ1v) is 8.98. The van der Waals surface area contributed by atoms with E-state index >= 15 is 0 Å². The molecule has 0 aliphatic rings. The molecule has 1 heterocycles. The Hall–Kier alpha value is -1.28. The van der Waals surface area contributed by atoms with Crippen molar-refractivity contribution in [3.05, 3.63) is 45.9 Å². The number of aliphatic hydroxyl groups is 1. The predicted octanol–water partition coefficient (Wildman–Crippen LogP) is 2.24. The molecule has 5 nitrogen and oxygen atoms in total. The summed E-state index contributed by atoms with van der Waals surface area (Å²) in [4.78, 5) is 4.34. The number of benzene rings is 1. The SMILES string of the molecule is CCc1ccc(CO)cc1S(=O)(=O)NC(C)c1nccs1. The standard InChI is InChI=1S/C14H18N2O3S2/c1-3-12-5-4-11(9-17)8-13(12)21(18,19)16-10(2)14-15-6-7-20-14/h4-8,10,16-17H,3,9H2,1-2H3. The monoisotopic (exact) mass is 326 g/mol. The normalized spacial score (nSPS) is 13.3. The zero-order valence-corrected chi connectivity index (χ0v) is 13.5. The maximum Gasteiger partial charge on any atom is 0.241 e. The maximum absolute atomic E-state index is 12.6. The van der Waals surface area contributed by atoms with Gasteiger partial charge in [0.15, 0.2) is 0 Å². The van der Waals surface area contributed by atoms with Crippen LogP contribution in [0.25, 0.3) is 0 Å². The van der Waals surface area contributed by atoms with Crippen molar-refractivity contribution >= 4 is 21.4 Å². The predicted molar refractivity (Wildman–Crippen MR) is 82.6 cm³/mol. The molecule has 7 heteroatoms. The third-order valence-electron chi connectivity index (χ3n) is 3.14. The van der Waals surface area contributed by atoms with E-state index in [9.17, 15) is 13.5 Å². The average molecular weight is 326 g/mol. The fourth-order valence-corrected chi connectivity index (χ4v) is 4.32. The van der Waals surface area contributed by atoms with E-state index in [1.165, 1.54) is 17.4 Å². The van der Waals surface area contributed by atoms with E-state index in [2.05, 4.69) is 9.71 Å². The summed E-state index contributed by atoms with van der Waals surface area (Å²) in [6.07, 6.45) is 2.25. The molecule has 114 valence electrons. The van der Waals surface area contributed by atoms with Crippen molar-refractivity contribution in [1.29, 1.82) is 0 Å². The van der Waals surface area contributed by atoms with Crippen LogP contribution in [0.4, 0.5) is 0 Å². The maximum atomic E-state index is 12.6. The Balaban J connectivity index is 2.34. The Bertz CT molecular complexity index is 697. The van der Waals surface area contributed by atoms with Gasteiger partial charge in [0.1, 0.15) is 5.01 Å². The zero-order chi connectivity index (χ0) is 15.5. The molecule has 21 heavy (non-hydrogen) atoms. The van der Waals surface area contributed by atoms with Gasteiger partial charge in [0.25, 0.3) is 0 Å². The number of rotatable bonds is 6. The number of sulfonamides is 1. The Kier molecular flexibility index (Phi) is 5.10. The van der Waals surface area contributed by atoms with Crippen LogP contribution in [0.2, 0.25) is 0 Å². The molecule has 2 aromatic rings. The molecule has 0 amide bonds. The molecule has 0 fully saturated rings. The Morgan fingerprint density at radius 1 is 1.43 bits per heavy atom. The highest BCUT2D eigenvalue weighted by Gasteiger charge is 2.22. The molecule has 0 aliphatic heterocycles. The van der Waals surface area contributed by atoms with Gasteiger partial charge in [0.2, 0.25) is 10.0 Å². The molecular weight excluding hydrogens is 308 g/mol. The molecule has 0 saturated carbocycles. The Morgan fingerprint density at radius 3 is 2.76 bits per heavy atom. The summed E-state index contributed by atoms with van der Waals surface area (Å²) >= 11 is 1.41. The van der Waals surface area contributed by atoms with Gasteiger partial charge in [0, 0.05) is 11.6 Å². The Labute approximate surface area is 128 Å². The summed E-state index contributed by atoms with van der Waals surface area (Å²) in [6.45, 7) is 3.48. The first-order chi connectivity index (χ1) is 9.97. The van der Waals surface area contributed by atoms with Gasteiger partial charge in [-0.3, -0.25) is 0 Å². The van der Waals surface area contributed by atoms with Crippen LogP contribution in [-0.4, -0.2) is 18.5 Å². The number of nitrogens with one attached hydrogen (secondary N) is 1. The van der Waals surface area contributed by atoms with Crippen LogP contribution in [0.15, 0.2) is 34.7 Å². The number of aryl methyl sites for hydroxylation is 1. The van der Waals surface area contributed by atoms with Gasteiger partial charge >= 0.3 is 0 Å². The second-order valence-electron chi connectivity index (χ2n) is 4.67. The lowest BCUT2D eigenvalue weighted by atomic mass is 10.1. The van der Waals surface area contributed by atoms with E-state index in [1.807, 2.05) is 12.3 Å². The minimum Gasteiger partial charge on any atom is -0.392 e. The quantitative estimate of drug-likeness (QED) is 0.853. The summed E-state index contributed by atoms with van der Waals surface area (Å²) in [6, 6.07) is 4.61. The van der Waals surface area contributed by atoms with Crippen molar-refractivity contribution in [3.63, 3.8) is 0 Å². The van der Waals surface area contributed by atoms with E-state index < -0.39 is 16.1 Å². The lowest BCUT2D eigenvalue weighted by Gasteiger charge is -2.15. The highest BCUT2D eigenvalue weighted by atomic mass is 32.2. The summed E-state index contributed by atoms with van der Waals surface area (Å²) in [5, 5.41) is 11.7. The number of hydrogen-bond donors (Lipinski definition) is 2. The summed E-state index contributed by atoms with van der Waals surface area (Å²) < 4.78 is 27.8. The third kappa shape index (κ3) is 3.68. The molecule has 0 bridgehead atoms. The van der Waals surface area contributed by atoms with Crippen LogP contribution in [0.3, 0.4) is 0 Å². The van der Waals surface area contributed by atoms with Gasteiger partial charge in [-0.1, -0.05) is 19.1 Å². The molecule has 0 spiro atoms. The summed E-state index contributed by atoms with van der Waals surface area (Å²) in [5.74, 6) is 0. The third-order valence-corrected chi connectivity index (χ3v) is 5.72. The topological polar surface area (TPSA) is 79.3 Å². The smallest absolute Gasteiger partial charge is 0.241 e. The van der Waals surface area contributed by atoms with Gasteiger partial charge in [-0.15, -0.1) is 11.3 Å². The average Bonchev–Trinajstić information content (AvgIpc) is 3.00. The number of aliphatic hydroxyl groups excluding tert-OH is 1. The van der Waals surface area contributed by atoms with E-state index in [-0.39, 0.29) is 11.5 Å². The first kappa shape index (κ1) is 16.1. The van der Waals surface area contributed by atoms with Gasteiger partial charge in [-0.2, -0.15) is 0 Å². The lowest BCUT2D eigenvalue weighted by Crippen LogP contribution is -2.27. The van der Waals surface area contributed by atoms with Gasteiger partial charge in [-0.25, -0.2) is 18.1 Å². The van der Waals surface area contributed by atoms with Crippen LogP contribution >= 0.6 is 11.3 Å². The molecule has 1 aromatic carbocycles. The number of nitrogens with zero attached hydrogens (tertiary/aromatic N) is 1. The van der Waals surface area contributed by atoms with Crippen molar-refractivity contribution in [2.45, 2.75) is 37.8 Å². The van der Waals surface area contributed by atoms with Crippen LogP contribution in [0.5, 0.6) is 0 Å². The molecule has 1 atom stereocenters. The molecule has 0 saturated heterocycles. The minimum absolute atomic E-state index is 0.186.